The van der Waals surface area contributed by atoms with E-state index < -0.39 is 0 Å². The van der Waals surface area contributed by atoms with Crippen molar-refractivity contribution in [3.05, 3.63) is 42.5 Å². The Kier molecular flexibility index (Phi) is 6.05. The zero-order valence-electron chi connectivity index (χ0n) is 15.8. The van der Waals surface area contributed by atoms with Crippen LogP contribution >= 0.6 is 11.8 Å². The summed E-state index contributed by atoms with van der Waals surface area (Å²) in [5.74, 6) is 1.88. The molecule has 1 amide bonds. The Morgan fingerprint density at radius 3 is 2.57 bits per heavy atom. The molecule has 0 aliphatic heterocycles. The molecule has 1 aromatic heterocycles. The van der Waals surface area contributed by atoms with Gasteiger partial charge < -0.3 is 25.1 Å². The molecule has 0 aliphatic carbocycles. The molecule has 0 bridgehead atoms. The number of methoxy groups -OCH3 is 2. The summed E-state index contributed by atoms with van der Waals surface area (Å²) in [6, 6.07) is 12.6. The van der Waals surface area contributed by atoms with Gasteiger partial charge in [-0.25, -0.2) is 0 Å². The van der Waals surface area contributed by atoms with Crippen LogP contribution in [0.5, 0.6) is 11.5 Å². The lowest BCUT2D eigenvalue weighted by Crippen LogP contribution is -2.15. The smallest absolute Gasteiger partial charge is 0.234 e. The molecule has 0 saturated carbocycles. The SMILES string of the molecule is COc1ccc(OC)c(NC(=O)CSc2nnc(-c3ccc(N)cc3)n2C)c1. The second-order valence-corrected chi connectivity index (χ2v) is 6.83. The summed E-state index contributed by atoms with van der Waals surface area (Å²) in [4.78, 5) is 12.4. The van der Waals surface area contributed by atoms with Crippen LogP contribution in [0.4, 0.5) is 11.4 Å². The number of aromatic nitrogens is 3. The Labute approximate surface area is 167 Å². The number of nitrogens with two attached hydrogens (primary N) is 1. The molecule has 1 heterocycles. The minimum atomic E-state index is -0.186. The van der Waals surface area contributed by atoms with Crippen LogP contribution in [0.1, 0.15) is 0 Å². The average Bonchev–Trinajstić information content (AvgIpc) is 3.07. The molecule has 0 spiro atoms. The van der Waals surface area contributed by atoms with Crippen LogP contribution in [-0.4, -0.2) is 40.6 Å². The van der Waals surface area contributed by atoms with Gasteiger partial charge in [0.15, 0.2) is 11.0 Å². The van der Waals surface area contributed by atoms with Crippen LogP contribution in [0.3, 0.4) is 0 Å². The van der Waals surface area contributed by atoms with Gasteiger partial charge in [0.1, 0.15) is 11.5 Å². The van der Waals surface area contributed by atoms with Crippen LogP contribution in [0.2, 0.25) is 0 Å². The summed E-state index contributed by atoms with van der Waals surface area (Å²) in [7, 11) is 4.97. The number of nitrogen functional groups attached to an aromatic ring is 1. The highest BCUT2D eigenvalue weighted by Crippen LogP contribution is 2.29. The molecular formula is C19H21N5O3S. The summed E-state index contributed by atoms with van der Waals surface area (Å²) in [6.45, 7) is 0. The topological polar surface area (TPSA) is 104 Å². The first-order chi connectivity index (χ1) is 13.5. The monoisotopic (exact) mass is 399 g/mol. The number of hydrogen-bond acceptors (Lipinski definition) is 7. The maximum absolute atomic E-state index is 12.4. The van der Waals surface area contributed by atoms with Crippen molar-refractivity contribution in [2.45, 2.75) is 5.16 Å². The molecule has 3 N–H and O–H groups in total. The minimum absolute atomic E-state index is 0.175. The predicted molar refractivity (Wildman–Crippen MR) is 110 cm³/mol. The van der Waals surface area contributed by atoms with Crippen molar-refractivity contribution in [2.75, 3.05) is 31.0 Å². The van der Waals surface area contributed by atoms with Crippen LogP contribution in [0.15, 0.2) is 47.6 Å². The summed E-state index contributed by atoms with van der Waals surface area (Å²) < 4.78 is 12.3. The number of hydrogen-bond donors (Lipinski definition) is 2. The van der Waals surface area contributed by atoms with Gasteiger partial charge in [0.25, 0.3) is 0 Å². The molecule has 28 heavy (non-hydrogen) atoms. The van der Waals surface area contributed by atoms with Gasteiger partial charge in [0, 0.05) is 24.4 Å². The summed E-state index contributed by atoms with van der Waals surface area (Å²) in [5, 5.41) is 11.9. The molecule has 0 unspecified atom stereocenters. The molecule has 0 fully saturated rings. The number of ether oxygens (including phenoxy) is 2. The van der Waals surface area contributed by atoms with Crippen molar-refractivity contribution in [3.63, 3.8) is 0 Å². The van der Waals surface area contributed by atoms with E-state index in [2.05, 4.69) is 15.5 Å². The number of nitrogens with zero attached hydrogens (tertiary/aromatic N) is 3. The van der Waals surface area contributed by atoms with Crippen LogP contribution in [0.25, 0.3) is 11.4 Å². The Balaban J connectivity index is 1.66. The Morgan fingerprint density at radius 1 is 1.14 bits per heavy atom. The molecule has 9 heteroatoms. The molecule has 3 aromatic rings. The van der Waals surface area contributed by atoms with E-state index in [0.29, 0.717) is 33.9 Å². The lowest BCUT2D eigenvalue weighted by molar-refractivity contribution is -0.113. The van der Waals surface area contributed by atoms with Gasteiger partial charge in [-0.05, 0) is 36.4 Å². The van der Waals surface area contributed by atoms with Gasteiger partial charge >= 0.3 is 0 Å². The number of carbonyl (C=O) groups excluding carboxylic acids is 1. The highest BCUT2D eigenvalue weighted by Gasteiger charge is 2.14. The van der Waals surface area contributed by atoms with E-state index in [1.165, 1.54) is 11.8 Å². The number of carbonyl (C=O) groups is 1. The van der Waals surface area contributed by atoms with Crippen molar-refractivity contribution in [3.8, 4) is 22.9 Å². The Morgan fingerprint density at radius 2 is 1.89 bits per heavy atom. The van der Waals surface area contributed by atoms with Gasteiger partial charge in [0.2, 0.25) is 5.91 Å². The molecule has 0 atom stereocenters. The number of rotatable bonds is 7. The first kappa shape index (κ1) is 19.6. The standard InChI is InChI=1S/C19H21N5O3S/c1-24-18(12-4-6-13(20)7-5-12)22-23-19(24)28-11-17(25)21-15-10-14(26-2)8-9-16(15)27-3/h4-10H,11,20H2,1-3H3,(H,21,25). The third-order valence-electron chi connectivity index (χ3n) is 4.02. The molecular weight excluding hydrogens is 378 g/mol. The molecule has 2 aromatic carbocycles. The van der Waals surface area contributed by atoms with Gasteiger partial charge in [-0.3, -0.25) is 4.79 Å². The maximum atomic E-state index is 12.4. The number of anilines is 2. The number of nitrogens with one attached hydrogen (secondary N) is 1. The van der Waals surface area contributed by atoms with Gasteiger partial charge in [-0.1, -0.05) is 11.8 Å². The van der Waals surface area contributed by atoms with E-state index in [1.807, 2.05) is 35.9 Å². The zero-order chi connectivity index (χ0) is 20.1. The van der Waals surface area contributed by atoms with Crippen LogP contribution in [-0.2, 0) is 11.8 Å². The first-order valence-corrected chi connectivity index (χ1v) is 9.40. The molecule has 0 aliphatic rings. The van der Waals surface area contributed by atoms with E-state index in [4.69, 9.17) is 15.2 Å². The van der Waals surface area contributed by atoms with E-state index >= 15 is 0 Å². The lowest BCUT2D eigenvalue weighted by atomic mass is 10.2. The van der Waals surface area contributed by atoms with Crippen molar-refractivity contribution < 1.29 is 14.3 Å². The molecule has 0 saturated heterocycles. The molecule has 8 nitrogen and oxygen atoms in total. The fourth-order valence-electron chi connectivity index (χ4n) is 2.55. The van der Waals surface area contributed by atoms with Crippen molar-refractivity contribution in [1.29, 1.82) is 0 Å². The first-order valence-electron chi connectivity index (χ1n) is 8.41. The predicted octanol–water partition coefficient (Wildman–Crippen LogP) is 2.81. The van der Waals surface area contributed by atoms with Gasteiger partial charge in [-0.2, -0.15) is 0 Å². The van der Waals surface area contributed by atoms with Crippen LogP contribution < -0.4 is 20.5 Å². The quantitative estimate of drug-likeness (QED) is 0.465. The number of benzene rings is 2. The molecule has 0 radical (unpaired) electrons. The van der Waals surface area contributed by atoms with Gasteiger partial charge in [-0.15, -0.1) is 10.2 Å². The van der Waals surface area contributed by atoms with Crippen molar-refractivity contribution >= 4 is 29.0 Å². The normalized spacial score (nSPS) is 10.5. The fourth-order valence-corrected chi connectivity index (χ4v) is 3.26. The van der Waals surface area contributed by atoms with Crippen molar-refractivity contribution in [1.82, 2.24) is 14.8 Å². The van der Waals surface area contributed by atoms with Crippen LogP contribution in [0, 0.1) is 0 Å². The number of amides is 1. The Bertz CT molecular complexity index is 972. The third-order valence-corrected chi connectivity index (χ3v) is 5.04. The largest absolute Gasteiger partial charge is 0.497 e. The van der Waals surface area contributed by atoms with Gasteiger partial charge in [0.05, 0.1) is 25.7 Å². The maximum Gasteiger partial charge on any atom is 0.234 e. The second-order valence-electron chi connectivity index (χ2n) is 5.89. The van der Waals surface area contributed by atoms with E-state index in [0.717, 1.165) is 5.56 Å². The summed E-state index contributed by atoms with van der Waals surface area (Å²) in [6.07, 6.45) is 0. The lowest BCUT2D eigenvalue weighted by Gasteiger charge is -2.11. The number of thioether (sulfide) groups is 1. The third kappa shape index (κ3) is 4.37. The van der Waals surface area contributed by atoms with E-state index in [1.54, 1.807) is 32.4 Å². The van der Waals surface area contributed by atoms with E-state index in [9.17, 15) is 4.79 Å². The fraction of sp³-hybridized carbons (Fsp3) is 0.211. The highest BCUT2D eigenvalue weighted by atomic mass is 32.2. The highest BCUT2D eigenvalue weighted by molar-refractivity contribution is 7.99. The Hall–Kier alpha value is -3.20. The second kappa shape index (κ2) is 8.66. The van der Waals surface area contributed by atoms with Crippen molar-refractivity contribution in [2.24, 2.45) is 7.05 Å². The minimum Gasteiger partial charge on any atom is -0.497 e. The average molecular weight is 399 g/mol. The molecule has 146 valence electrons. The summed E-state index contributed by atoms with van der Waals surface area (Å²) in [5.41, 5.74) is 7.86. The van der Waals surface area contributed by atoms with E-state index in [-0.39, 0.29) is 11.7 Å². The zero-order valence-corrected chi connectivity index (χ0v) is 16.6. The molecule has 3 rings (SSSR count). The summed E-state index contributed by atoms with van der Waals surface area (Å²) >= 11 is 1.30.